The summed E-state index contributed by atoms with van der Waals surface area (Å²) in [6, 6.07) is 10.1. The van der Waals surface area contributed by atoms with Gasteiger partial charge >= 0.3 is 0 Å². The van der Waals surface area contributed by atoms with Crippen molar-refractivity contribution < 1.29 is 9.26 Å². The molecule has 0 radical (unpaired) electrons. The Kier molecular flexibility index (Phi) is 3.25. The summed E-state index contributed by atoms with van der Waals surface area (Å²) in [5.74, 6) is 1.46. The predicted octanol–water partition coefficient (Wildman–Crippen LogP) is 3.36. The lowest BCUT2D eigenvalue weighted by Crippen LogP contribution is -1.99. The SMILES string of the molecule is c1ccc(-c2csc(-c3nc([C@H]4CCOC4)no3)n2)cc1. The molecule has 0 bridgehead atoms. The number of thiazole rings is 1. The minimum absolute atomic E-state index is 0.246. The summed E-state index contributed by atoms with van der Waals surface area (Å²) in [4.78, 5) is 9.04. The molecule has 1 aliphatic heterocycles. The van der Waals surface area contributed by atoms with Crippen LogP contribution in [-0.4, -0.2) is 28.3 Å². The largest absolute Gasteiger partial charge is 0.381 e. The average molecular weight is 299 g/mol. The van der Waals surface area contributed by atoms with Crippen molar-refractivity contribution in [2.45, 2.75) is 12.3 Å². The highest BCUT2D eigenvalue weighted by Gasteiger charge is 2.24. The highest BCUT2D eigenvalue weighted by atomic mass is 32.1. The van der Waals surface area contributed by atoms with E-state index in [4.69, 9.17) is 9.26 Å². The van der Waals surface area contributed by atoms with Crippen molar-refractivity contribution in [1.82, 2.24) is 15.1 Å². The highest BCUT2D eigenvalue weighted by Crippen LogP contribution is 2.30. The Morgan fingerprint density at radius 1 is 1.14 bits per heavy atom. The standard InChI is InChI=1S/C15H13N3O2S/c1-2-4-10(5-3-1)12-9-21-15(16-12)14-17-13(18-20-14)11-6-7-19-8-11/h1-5,9,11H,6-8H2/t11-/m0/s1. The van der Waals surface area contributed by atoms with Crippen molar-refractivity contribution in [3.05, 3.63) is 41.5 Å². The topological polar surface area (TPSA) is 61.0 Å². The smallest absolute Gasteiger partial charge is 0.286 e. The van der Waals surface area contributed by atoms with Gasteiger partial charge in [0.1, 0.15) is 0 Å². The first-order valence-corrected chi connectivity index (χ1v) is 7.71. The van der Waals surface area contributed by atoms with Crippen LogP contribution in [0.1, 0.15) is 18.2 Å². The normalized spacial score (nSPS) is 18.2. The van der Waals surface area contributed by atoms with Crippen LogP contribution in [0.2, 0.25) is 0 Å². The van der Waals surface area contributed by atoms with Crippen LogP contribution in [0.25, 0.3) is 22.2 Å². The van der Waals surface area contributed by atoms with Crippen LogP contribution < -0.4 is 0 Å². The monoisotopic (exact) mass is 299 g/mol. The van der Waals surface area contributed by atoms with Crippen molar-refractivity contribution in [1.29, 1.82) is 0 Å². The van der Waals surface area contributed by atoms with Gasteiger partial charge in [0, 0.05) is 23.5 Å². The third-order valence-corrected chi connectivity index (χ3v) is 4.32. The first-order valence-electron chi connectivity index (χ1n) is 6.83. The summed E-state index contributed by atoms with van der Waals surface area (Å²) < 4.78 is 10.7. The van der Waals surface area contributed by atoms with Gasteiger partial charge in [0.05, 0.1) is 12.3 Å². The van der Waals surface area contributed by atoms with Gasteiger partial charge in [0.25, 0.3) is 5.89 Å². The molecule has 6 heteroatoms. The molecule has 1 aliphatic rings. The van der Waals surface area contributed by atoms with Crippen LogP contribution in [0.3, 0.4) is 0 Å². The molecular formula is C15H13N3O2S. The summed E-state index contributed by atoms with van der Waals surface area (Å²) in [6.07, 6.45) is 0.951. The van der Waals surface area contributed by atoms with Crippen LogP contribution in [0.5, 0.6) is 0 Å². The minimum atomic E-state index is 0.246. The highest BCUT2D eigenvalue weighted by molar-refractivity contribution is 7.13. The number of hydrogen-bond acceptors (Lipinski definition) is 6. The van der Waals surface area contributed by atoms with E-state index in [1.807, 2.05) is 35.7 Å². The fourth-order valence-corrected chi connectivity index (χ4v) is 3.09. The first kappa shape index (κ1) is 12.7. The van der Waals surface area contributed by atoms with Crippen LogP contribution >= 0.6 is 11.3 Å². The van der Waals surface area contributed by atoms with Gasteiger partial charge in [0.2, 0.25) is 0 Å². The molecule has 0 saturated carbocycles. The summed E-state index contributed by atoms with van der Waals surface area (Å²) in [6.45, 7) is 1.44. The van der Waals surface area contributed by atoms with Crippen LogP contribution in [0, 0.1) is 0 Å². The summed E-state index contributed by atoms with van der Waals surface area (Å²) in [5, 5.41) is 6.82. The molecule has 21 heavy (non-hydrogen) atoms. The number of aromatic nitrogens is 3. The Hall–Kier alpha value is -2.05. The maximum atomic E-state index is 5.35. The number of hydrogen-bond donors (Lipinski definition) is 0. The molecule has 1 aromatic carbocycles. The van der Waals surface area contributed by atoms with Crippen molar-refractivity contribution in [3.8, 4) is 22.2 Å². The molecule has 2 aromatic heterocycles. The Morgan fingerprint density at radius 2 is 2.05 bits per heavy atom. The lowest BCUT2D eigenvalue weighted by molar-refractivity contribution is 0.192. The molecule has 1 fully saturated rings. The molecule has 1 atom stereocenters. The van der Waals surface area contributed by atoms with Crippen molar-refractivity contribution in [2.24, 2.45) is 0 Å². The Bertz CT molecular complexity index is 732. The van der Waals surface area contributed by atoms with Crippen LogP contribution in [0.4, 0.5) is 0 Å². The maximum absolute atomic E-state index is 5.35. The van der Waals surface area contributed by atoms with E-state index in [1.54, 1.807) is 0 Å². The quantitative estimate of drug-likeness (QED) is 0.742. The summed E-state index contributed by atoms with van der Waals surface area (Å²) in [5.41, 5.74) is 2.02. The second-order valence-electron chi connectivity index (χ2n) is 4.92. The molecule has 0 unspecified atom stereocenters. The van der Waals surface area contributed by atoms with Crippen molar-refractivity contribution >= 4 is 11.3 Å². The number of nitrogens with zero attached hydrogens (tertiary/aromatic N) is 3. The van der Waals surface area contributed by atoms with Gasteiger partial charge < -0.3 is 9.26 Å². The van der Waals surface area contributed by atoms with Crippen molar-refractivity contribution in [2.75, 3.05) is 13.2 Å². The van der Waals surface area contributed by atoms with Gasteiger partial charge in [-0.3, -0.25) is 0 Å². The van der Waals surface area contributed by atoms with Gasteiger partial charge in [-0.2, -0.15) is 4.98 Å². The summed E-state index contributed by atoms with van der Waals surface area (Å²) in [7, 11) is 0. The third-order valence-electron chi connectivity index (χ3n) is 3.49. The molecule has 3 aromatic rings. The first-order chi connectivity index (χ1) is 10.4. The van der Waals surface area contributed by atoms with E-state index in [0.717, 1.165) is 35.1 Å². The minimum Gasteiger partial charge on any atom is -0.381 e. The van der Waals surface area contributed by atoms with E-state index in [9.17, 15) is 0 Å². The lowest BCUT2D eigenvalue weighted by Gasteiger charge is -1.97. The zero-order valence-electron chi connectivity index (χ0n) is 11.2. The van der Waals surface area contributed by atoms with Gasteiger partial charge in [-0.25, -0.2) is 4.98 Å². The average Bonchev–Trinajstić information content (AvgIpc) is 3.27. The number of rotatable bonds is 3. The van der Waals surface area contributed by atoms with Crippen LogP contribution in [0.15, 0.2) is 40.2 Å². The molecule has 0 spiro atoms. The summed E-state index contributed by atoms with van der Waals surface area (Å²) >= 11 is 1.51. The molecular weight excluding hydrogens is 286 g/mol. The van der Waals surface area contributed by atoms with Gasteiger partial charge in [-0.15, -0.1) is 11.3 Å². The van der Waals surface area contributed by atoms with E-state index in [1.165, 1.54) is 11.3 Å². The van der Waals surface area contributed by atoms with Gasteiger partial charge in [0.15, 0.2) is 10.8 Å². The Morgan fingerprint density at radius 3 is 2.86 bits per heavy atom. The van der Waals surface area contributed by atoms with E-state index in [-0.39, 0.29) is 5.92 Å². The predicted molar refractivity (Wildman–Crippen MR) is 79.0 cm³/mol. The van der Waals surface area contributed by atoms with Gasteiger partial charge in [-0.1, -0.05) is 35.5 Å². The Labute approximate surface area is 125 Å². The fourth-order valence-electron chi connectivity index (χ4n) is 2.34. The second kappa shape index (κ2) is 5.38. The molecule has 0 aliphatic carbocycles. The molecule has 5 nitrogen and oxygen atoms in total. The fraction of sp³-hybridized carbons (Fsp3) is 0.267. The Balaban J connectivity index is 1.61. The van der Waals surface area contributed by atoms with E-state index < -0.39 is 0 Å². The third kappa shape index (κ3) is 2.48. The molecule has 1 saturated heterocycles. The lowest BCUT2D eigenvalue weighted by atomic mass is 10.1. The van der Waals surface area contributed by atoms with E-state index in [0.29, 0.717) is 12.5 Å². The number of ether oxygens (including phenoxy) is 1. The molecule has 3 heterocycles. The van der Waals surface area contributed by atoms with Gasteiger partial charge in [-0.05, 0) is 6.42 Å². The molecule has 0 amide bonds. The van der Waals surface area contributed by atoms with E-state index in [2.05, 4.69) is 15.1 Å². The number of benzene rings is 1. The van der Waals surface area contributed by atoms with E-state index >= 15 is 0 Å². The second-order valence-corrected chi connectivity index (χ2v) is 5.78. The molecule has 0 N–H and O–H groups in total. The van der Waals surface area contributed by atoms with Crippen molar-refractivity contribution in [3.63, 3.8) is 0 Å². The molecule has 106 valence electrons. The zero-order chi connectivity index (χ0) is 14.1. The maximum Gasteiger partial charge on any atom is 0.286 e. The zero-order valence-corrected chi connectivity index (χ0v) is 12.0. The van der Waals surface area contributed by atoms with Crippen LogP contribution in [-0.2, 0) is 4.74 Å². The molecule has 4 rings (SSSR count).